The van der Waals surface area contributed by atoms with Crippen LogP contribution in [-0.4, -0.2) is 56.9 Å². The monoisotopic (exact) mass is 394 g/mol. The second-order valence-electron chi connectivity index (χ2n) is 6.92. The predicted octanol–water partition coefficient (Wildman–Crippen LogP) is 2.90. The summed E-state index contributed by atoms with van der Waals surface area (Å²) in [6, 6.07) is 0. The van der Waals surface area contributed by atoms with Crippen molar-refractivity contribution in [2.24, 2.45) is 0 Å². The quantitative estimate of drug-likeness (QED) is 0.358. The van der Waals surface area contributed by atoms with E-state index in [-0.39, 0.29) is 12.5 Å². The first-order valence-electron chi connectivity index (χ1n) is 9.98. The molecule has 158 valence electrons. The maximum absolute atomic E-state index is 10.4. The van der Waals surface area contributed by atoms with Crippen molar-refractivity contribution in [1.29, 1.82) is 0 Å². The van der Waals surface area contributed by atoms with Gasteiger partial charge in [-0.15, -0.1) is 0 Å². The molecule has 1 aliphatic rings. The number of rotatable bonds is 13. The van der Waals surface area contributed by atoms with Crippen LogP contribution < -0.4 is 0 Å². The van der Waals surface area contributed by atoms with Gasteiger partial charge in [-0.25, -0.2) is 0 Å². The van der Waals surface area contributed by atoms with E-state index in [1.807, 2.05) is 43.4 Å². The van der Waals surface area contributed by atoms with Crippen LogP contribution in [0.4, 0.5) is 0 Å². The molecule has 6 nitrogen and oxygen atoms in total. The summed E-state index contributed by atoms with van der Waals surface area (Å²) in [5.74, 6) is -0.804. The molecule has 0 saturated carbocycles. The second kappa shape index (κ2) is 14.3. The van der Waals surface area contributed by atoms with Gasteiger partial charge in [-0.05, 0) is 32.1 Å². The van der Waals surface area contributed by atoms with Crippen LogP contribution in [-0.2, 0) is 9.53 Å². The molecular formula is C22H34O6. The van der Waals surface area contributed by atoms with Crippen molar-refractivity contribution in [2.45, 2.75) is 82.4 Å². The number of hydrogen-bond donors (Lipinski definition) is 4. The number of allylic oxidation sites excluding steroid dienone is 4. The highest BCUT2D eigenvalue weighted by Gasteiger charge is 2.36. The first-order valence-corrected chi connectivity index (χ1v) is 9.98. The van der Waals surface area contributed by atoms with Gasteiger partial charge in [-0.3, -0.25) is 4.79 Å². The van der Waals surface area contributed by atoms with Crippen LogP contribution in [0.15, 0.2) is 48.6 Å². The molecule has 0 spiro atoms. The Bertz CT molecular complexity index is 551. The minimum Gasteiger partial charge on any atom is -0.481 e. The molecule has 1 aliphatic heterocycles. The van der Waals surface area contributed by atoms with Crippen molar-refractivity contribution in [3.8, 4) is 0 Å². The van der Waals surface area contributed by atoms with Crippen molar-refractivity contribution in [1.82, 2.24) is 0 Å². The highest BCUT2D eigenvalue weighted by Crippen LogP contribution is 2.26. The van der Waals surface area contributed by atoms with Crippen molar-refractivity contribution in [3.05, 3.63) is 48.6 Å². The highest BCUT2D eigenvalue weighted by atomic mass is 16.5. The fraction of sp³-hybridized carbons (Fsp3) is 0.591. The maximum Gasteiger partial charge on any atom is 0.303 e. The Labute approximate surface area is 167 Å². The van der Waals surface area contributed by atoms with Gasteiger partial charge in [0, 0.05) is 12.8 Å². The summed E-state index contributed by atoms with van der Waals surface area (Å²) in [5.41, 5.74) is 0. The molecule has 0 aromatic heterocycles. The third-order valence-electron chi connectivity index (χ3n) is 4.44. The van der Waals surface area contributed by atoms with Crippen LogP contribution in [0, 0.1) is 0 Å². The van der Waals surface area contributed by atoms with Crippen LogP contribution in [0.25, 0.3) is 0 Å². The van der Waals surface area contributed by atoms with Gasteiger partial charge in [-0.1, -0.05) is 55.5 Å². The predicted molar refractivity (Wildman–Crippen MR) is 109 cm³/mol. The number of hydrogen-bond acceptors (Lipinski definition) is 5. The Morgan fingerprint density at radius 1 is 1.11 bits per heavy atom. The van der Waals surface area contributed by atoms with Crippen LogP contribution >= 0.6 is 0 Å². The first kappa shape index (κ1) is 24.3. The van der Waals surface area contributed by atoms with E-state index in [9.17, 15) is 20.1 Å². The average Bonchev–Trinajstić information content (AvgIpc) is 3.02. The summed E-state index contributed by atoms with van der Waals surface area (Å²) in [5, 5.41) is 38.7. The van der Waals surface area contributed by atoms with E-state index in [0.29, 0.717) is 32.1 Å². The fourth-order valence-corrected chi connectivity index (χ4v) is 2.87. The van der Waals surface area contributed by atoms with E-state index in [4.69, 9.17) is 9.84 Å². The molecule has 0 aromatic rings. The summed E-state index contributed by atoms with van der Waals surface area (Å²) < 4.78 is 5.76. The summed E-state index contributed by atoms with van der Waals surface area (Å²) in [7, 11) is 0. The number of carbonyl (C=O) groups is 1. The third kappa shape index (κ3) is 10.6. The third-order valence-corrected chi connectivity index (χ3v) is 4.44. The summed E-state index contributed by atoms with van der Waals surface area (Å²) in [4.78, 5) is 10.4. The van der Waals surface area contributed by atoms with Crippen molar-refractivity contribution < 1.29 is 30.0 Å². The average molecular weight is 395 g/mol. The van der Waals surface area contributed by atoms with Crippen LogP contribution in [0.2, 0.25) is 0 Å². The molecule has 0 amide bonds. The Hall–Kier alpha value is -1.73. The smallest absolute Gasteiger partial charge is 0.303 e. The fourth-order valence-electron chi connectivity index (χ4n) is 2.87. The largest absolute Gasteiger partial charge is 0.481 e. The van der Waals surface area contributed by atoms with E-state index in [1.54, 1.807) is 6.08 Å². The van der Waals surface area contributed by atoms with E-state index in [1.165, 1.54) is 6.08 Å². The molecule has 1 fully saturated rings. The van der Waals surface area contributed by atoms with Gasteiger partial charge in [0.1, 0.15) is 0 Å². The topological polar surface area (TPSA) is 107 Å². The maximum atomic E-state index is 10.4. The van der Waals surface area contributed by atoms with Gasteiger partial charge < -0.3 is 25.2 Å². The Morgan fingerprint density at radius 3 is 2.57 bits per heavy atom. The Morgan fingerprint density at radius 2 is 1.86 bits per heavy atom. The lowest BCUT2D eigenvalue weighted by Crippen LogP contribution is -2.24. The Kier molecular flexibility index (Phi) is 12.4. The first-order chi connectivity index (χ1) is 13.4. The zero-order valence-corrected chi connectivity index (χ0v) is 16.6. The van der Waals surface area contributed by atoms with Crippen molar-refractivity contribution in [3.63, 3.8) is 0 Å². The molecule has 0 bridgehead atoms. The zero-order valence-electron chi connectivity index (χ0n) is 16.6. The Balaban J connectivity index is 2.32. The van der Waals surface area contributed by atoms with E-state index in [2.05, 4.69) is 0 Å². The minimum atomic E-state index is -0.870. The van der Waals surface area contributed by atoms with E-state index in [0.717, 1.165) is 6.42 Å². The lowest BCUT2D eigenvalue weighted by molar-refractivity contribution is -0.136. The molecule has 6 heteroatoms. The standard InChI is InChI=1S/C22H34O6/c1-2-3-8-11-17(23)14-15-18(24)21-16-19(25)20(28-21)12-9-6-4-5-7-10-13-22(26)27/h3,5-9,14-15,17-21,23-25H,2,4,10-13,16H2,1H3,(H,26,27)/b7-5-,8-3-,9-6-,15-14+/t17-,18-,19+,20-,21-/m1/s1. The number of aliphatic hydroxyl groups excluding tert-OH is 3. The minimum absolute atomic E-state index is 0.132. The van der Waals surface area contributed by atoms with Gasteiger partial charge >= 0.3 is 5.97 Å². The van der Waals surface area contributed by atoms with Crippen LogP contribution in [0.1, 0.15) is 51.9 Å². The van der Waals surface area contributed by atoms with Gasteiger partial charge in [0.15, 0.2) is 0 Å². The molecule has 5 atom stereocenters. The summed E-state index contributed by atoms with van der Waals surface area (Å²) in [6.45, 7) is 2.02. The molecule has 4 N–H and O–H groups in total. The van der Waals surface area contributed by atoms with Gasteiger partial charge in [0.05, 0.1) is 30.5 Å². The molecule has 0 radical (unpaired) electrons. The van der Waals surface area contributed by atoms with Gasteiger partial charge in [0.2, 0.25) is 0 Å². The number of carboxylic acids is 1. The highest BCUT2D eigenvalue weighted by molar-refractivity contribution is 5.66. The number of ether oxygens (including phenoxy) is 1. The second-order valence-corrected chi connectivity index (χ2v) is 6.92. The molecule has 0 aliphatic carbocycles. The molecule has 0 unspecified atom stereocenters. The van der Waals surface area contributed by atoms with E-state index < -0.39 is 30.4 Å². The lowest BCUT2D eigenvalue weighted by atomic mass is 10.0. The SMILES string of the molecule is CC/C=C\C[C@@H](O)/C=C/[C@@H](O)[C@H]1C[C@H](O)[C@@H](C/C=C\C/C=C\CCC(=O)O)O1. The lowest BCUT2D eigenvalue weighted by Gasteiger charge is -2.16. The molecule has 28 heavy (non-hydrogen) atoms. The number of aliphatic hydroxyl groups is 3. The van der Waals surface area contributed by atoms with Gasteiger partial charge in [0.25, 0.3) is 0 Å². The molecule has 0 aromatic carbocycles. The summed E-state index contributed by atoms with van der Waals surface area (Å²) in [6.07, 6.45) is 15.2. The van der Waals surface area contributed by atoms with Gasteiger partial charge in [-0.2, -0.15) is 0 Å². The number of aliphatic carboxylic acids is 1. The van der Waals surface area contributed by atoms with Crippen LogP contribution in [0.5, 0.6) is 0 Å². The molecule has 1 heterocycles. The van der Waals surface area contributed by atoms with Crippen molar-refractivity contribution in [2.75, 3.05) is 0 Å². The normalized spacial score (nSPS) is 25.5. The summed E-state index contributed by atoms with van der Waals surface area (Å²) >= 11 is 0. The van der Waals surface area contributed by atoms with E-state index >= 15 is 0 Å². The molecule has 1 saturated heterocycles. The molecular weight excluding hydrogens is 360 g/mol. The zero-order chi connectivity index (χ0) is 20.8. The van der Waals surface area contributed by atoms with Crippen molar-refractivity contribution >= 4 is 5.97 Å². The molecule has 1 rings (SSSR count). The van der Waals surface area contributed by atoms with Crippen LogP contribution in [0.3, 0.4) is 0 Å². The number of carboxylic acid groups (broad SMARTS) is 1.